The largest absolute Gasteiger partial charge is 0.483 e. The maximum atomic E-state index is 12.6. The van der Waals surface area contributed by atoms with Crippen LogP contribution in [0.2, 0.25) is 0 Å². The van der Waals surface area contributed by atoms with Gasteiger partial charge in [-0.15, -0.1) is 0 Å². The summed E-state index contributed by atoms with van der Waals surface area (Å²) in [5.41, 5.74) is 4.27. The van der Waals surface area contributed by atoms with Crippen molar-refractivity contribution in [2.75, 3.05) is 13.6 Å². The molecule has 3 heterocycles. The number of amides is 1. The van der Waals surface area contributed by atoms with Crippen molar-refractivity contribution in [3.05, 3.63) is 89.0 Å². The Kier molecular flexibility index (Phi) is 8.43. The molecule has 11 nitrogen and oxygen atoms in total. The zero-order valence-electron chi connectivity index (χ0n) is 25.7. The molecule has 1 unspecified atom stereocenters. The molecular formula is C32H37N7O4. The first-order chi connectivity index (χ1) is 20.5. The topological polar surface area (TPSA) is 121 Å². The molecule has 5 aromatic rings. The van der Waals surface area contributed by atoms with Crippen LogP contribution in [0.25, 0.3) is 16.6 Å². The van der Waals surface area contributed by atoms with Crippen molar-refractivity contribution >= 4 is 17.0 Å². The summed E-state index contributed by atoms with van der Waals surface area (Å²) >= 11 is 0. The van der Waals surface area contributed by atoms with Crippen LogP contribution in [-0.4, -0.2) is 60.3 Å². The summed E-state index contributed by atoms with van der Waals surface area (Å²) in [6.45, 7) is 11.7. The average molecular weight is 584 g/mol. The first kappa shape index (κ1) is 29.7. The maximum absolute atomic E-state index is 12.6. The molecule has 11 heteroatoms. The number of fused-ring (bicyclic) bond motifs is 1. The number of hydrogen-bond donors (Lipinski definition) is 0. The van der Waals surface area contributed by atoms with Gasteiger partial charge in [0.15, 0.2) is 5.82 Å². The van der Waals surface area contributed by atoms with Crippen molar-refractivity contribution in [3.8, 4) is 11.4 Å². The van der Waals surface area contributed by atoms with Crippen LogP contribution < -0.4 is 4.74 Å². The number of ether oxygens (including phenoxy) is 2. The minimum atomic E-state index is -0.571. The minimum absolute atomic E-state index is 0.334. The number of aryl methyl sites for hydroxylation is 3. The lowest BCUT2D eigenvalue weighted by Gasteiger charge is -2.27. The Labute approximate surface area is 250 Å². The van der Waals surface area contributed by atoms with Crippen LogP contribution in [0, 0.1) is 20.8 Å². The van der Waals surface area contributed by atoms with Crippen LogP contribution in [0.5, 0.6) is 5.75 Å². The standard InChI is InChI=1S/C32H37N7O4/c1-20-29-21(2)39(36-30(29)24(35-34-20)19-28-33-22(3)43-37-28)25-15-11-12-16-27(25)41-26(23-13-9-8-10-14-23)17-18-38(7)31(40)42-32(4,5)6/h8-16,26H,17-19H2,1-7H3. The Balaban J connectivity index is 1.47. The van der Waals surface area contributed by atoms with Gasteiger partial charge in [-0.05, 0) is 52.3 Å². The van der Waals surface area contributed by atoms with Crippen molar-refractivity contribution in [1.82, 2.24) is 35.0 Å². The Morgan fingerprint density at radius 2 is 1.74 bits per heavy atom. The molecule has 0 N–H and O–H groups in total. The molecule has 43 heavy (non-hydrogen) atoms. The predicted octanol–water partition coefficient (Wildman–Crippen LogP) is 6.09. The van der Waals surface area contributed by atoms with Crippen molar-refractivity contribution in [2.45, 2.75) is 66.1 Å². The zero-order chi connectivity index (χ0) is 30.7. The minimum Gasteiger partial charge on any atom is -0.483 e. The molecule has 0 saturated heterocycles. The van der Waals surface area contributed by atoms with Gasteiger partial charge in [-0.3, -0.25) is 0 Å². The molecular weight excluding hydrogens is 546 g/mol. The number of rotatable bonds is 9. The first-order valence-corrected chi connectivity index (χ1v) is 14.3. The van der Waals surface area contributed by atoms with E-state index >= 15 is 0 Å². The third kappa shape index (κ3) is 6.82. The van der Waals surface area contributed by atoms with E-state index in [0.717, 1.165) is 33.5 Å². The first-order valence-electron chi connectivity index (χ1n) is 14.3. The quantitative estimate of drug-likeness (QED) is 0.203. The summed E-state index contributed by atoms with van der Waals surface area (Å²) in [5, 5.41) is 18.8. The maximum Gasteiger partial charge on any atom is 0.410 e. The van der Waals surface area contributed by atoms with E-state index in [1.165, 1.54) is 0 Å². The molecule has 1 atom stereocenters. The normalized spacial score (nSPS) is 12.3. The molecule has 0 saturated carbocycles. The summed E-state index contributed by atoms with van der Waals surface area (Å²) in [7, 11) is 1.74. The van der Waals surface area contributed by atoms with Gasteiger partial charge in [0.25, 0.3) is 0 Å². The highest BCUT2D eigenvalue weighted by molar-refractivity contribution is 5.86. The molecule has 3 aromatic heterocycles. The molecule has 1 amide bonds. The number of benzene rings is 2. The van der Waals surface area contributed by atoms with Gasteiger partial charge in [-0.25, -0.2) is 9.48 Å². The second kappa shape index (κ2) is 12.2. The average Bonchev–Trinajstić information content (AvgIpc) is 3.54. The summed E-state index contributed by atoms with van der Waals surface area (Å²) in [4.78, 5) is 18.5. The van der Waals surface area contributed by atoms with E-state index in [1.807, 2.05) is 93.9 Å². The molecule has 0 fully saturated rings. The molecule has 0 spiro atoms. The molecule has 5 rings (SSSR count). The highest BCUT2D eigenvalue weighted by Gasteiger charge is 2.24. The number of aromatic nitrogens is 6. The van der Waals surface area contributed by atoms with Gasteiger partial charge >= 0.3 is 6.09 Å². The second-order valence-electron chi connectivity index (χ2n) is 11.5. The van der Waals surface area contributed by atoms with Crippen LogP contribution >= 0.6 is 0 Å². The molecule has 2 aromatic carbocycles. The Morgan fingerprint density at radius 1 is 1.02 bits per heavy atom. The third-order valence-electron chi connectivity index (χ3n) is 6.93. The Morgan fingerprint density at radius 3 is 2.44 bits per heavy atom. The lowest BCUT2D eigenvalue weighted by molar-refractivity contribution is 0.0278. The number of hydrogen-bond acceptors (Lipinski definition) is 9. The van der Waals surface area contributed by atoms with Crippen LogP contribution in [0.3, 0.4) is 0 Å². The third-order valence-corrected chi connectivity index (χ3v) is 6.93. The smallest absolute Gasteiger partial charge is 0.410 e. The SMILES string of the molecule is Cc1nc(Cc2nnc(C)c3c(C)n(-c4ccccc4OC(CCN(C)C(=O)OC(C)(C)C)c4ccccc4)nc23)no1. The van der Waals surface area contributed by atoms with Gasteiger partial charge in [0.1, 0.15) is 28.7 Å². The predicted molar refractivity (Wildman–Crippen MR) is 161 cm³/mol. The van der Waals surface area contributed by atoms with Gasteiger partial charge in [0, 0.05) is 32.3 Å². The van der Waals surface area contributed by atoms with Crippen molar-refractivity contribution < 1.29 is 18.8 Å². The Hall–Kier alpha value is -4.80. The number of carbonyl (C=O) groups is 1. The summed E-state index contributed by atoms with van der Waals surface area (Å²) in [6.07, 6.45) is 0.189. The van der Waals surface area contributed by atoms with Gasteiger partial charge in [0.05, 0.1) is 23.5 Å². The molecule has 224 valence electrons. The van der Waals surface area contributed by atoms with Crippen LogP contribution in [-0.2, 0) is 11.2 Å². The van der Waals surface area contributed by atoms with Gasteiger partial charge < -0.3 is 18.9 Å². The lowest BCUT2D eigenvalue weighted by Crippen LogP contribution is -2.35. The van der Waals surface area contributed by atoms with Crippen LogP contribution in [0.1, 0.15) is 67.7 Å². The highest BCUT2D eigenvalue weighted by Crippen LogP contribution is 2.33. The van der Waals surface area contributed by atoms with Crippen molar-refractivity contribution in [2.24, 2.45) is 0 Å². The second-order valence-corrected chi connectivity index (χ2v) is 11.5. The van der Waals surface area contributed by atoms with E-state index in [1.54, 1.807) is 18.9 Å². The highest BCUT2D eigenvalue weighted by atomic mass is 16.6. The monoisotopic (exact) mass is 583 g/mol. The van der Waals surface area contributed by atoms with E-state index in [4.69, 9.17) is 19.1 Å². The summed E-state index contributed by atoms with van der Waals surface area (Å²) in [6, 6.07) is 17.8. The Bertz CT molecular complexity index is 1720. The molecule has 0 aliphatic heterocycles. The molecule has 0 aliphatic carbocycles. The summed E-state index contributed by atoms with van der Waals surface area (Å²) < 4.78 is 19.3. The lowest BCUT2D eigenvalue weighted by atomic mass is 10.1. The van der Waals surface area contributed by atoms with Gasteiger partial charge in [-0.2, -0.15) is 20.3 Å². The summed E-state index contributed by atoms with van der Waals surface area (Å²) in [5.74, 6) is 1.67. The van der Waals surface area contributed by atoms with E-state index in [2.05, 4.69) is 20.3 Å². The van der Waals surface area contributed by atoms with E-state index in [9.17, 15) is 4.79 Å². The van der Waals surface area contributed by atoms with Crippen molar-refractivity contribution in [3.63, 3.8) is 0 Å². The van der Waals surface area contributed by atoms with Gasteiger partial charge in [0.2, 0.25) is 5.89 Å². The van der Waals surface area contributed by atoms with E-state index in [-0.39, 0.29) is 12.2 Å². The fourth-order valence-corrected chi connectivity index (χ4v) is 4.88. The number of carbonyl (C=O) groups excluding carboxylic acids is 1. The van der Waals surface area contributed by atoms with Gasteiger partial charge in [-0.1, -0.05) is 47.6 Å². The van der Waals surface area contributed by atoms with Crippen molar-refractivity contribution in [1.29, 1.82) is 0 Å². The fourth-order valence-electron chi connectivity index (χ4n) is 4.88. The molecule has 0 bridgehead atoms. The molecule has 0 aliphatic rings. The molecule has 0 radical (unpaired) electrons. The number of nitrogens with zero attached hydrogens (tertiary/aromatic N) is 7. The number of para-hydroxylation sites is 2. The van der Waals surface area contributed by atoms with E-state index in [0.29, 0.717) is 42.5 Å². The fraction of sp³-hybridized carbons (Fsp3) is 0.375. The zero-order valence-corrected chi connectivity index (χ0v) is 25.7. The van der Waals surface area contributed by atoms with E-state index < -0.39 is 5.60 Å². The van der Waals surface area contributed by atoms with Crippen LogP contribution in [0.15, 0.2) is 59.1 Å². The van der Waals surface area contributed by atoms with Crippen LogP contribution in [0.4, 0.5) is 4.79 Å².